The first kappa shape index (κ1) is 106. The van der Waals surface area contributed by atoms with Crippen molar-refractivity contribution in [3.8, 4) is 69.0 Å². The fraction of sp³-hybridized carbons (Fsp3) is 0.145. The Labute approximate surface area is 787 Å². The first-order valence-electron chi connectivity index (χ1n) is 42.0. The second-order valence-electron chi connectivity index (χ2n) is 30.1. The van der Waals surface area contributed by atoms with Crippen molar-refractivity contribution >= 4 is 106 Å². The van der Waals surface area contributed by atoms with Gasteiger partial charge in [-0.1, -0.05) is 164 Å². The number of carbonyl (C=O) groups excluding carboxylic acids is 14. The van der Waals surface area contributed by atoms with E-state index in [1.54, 1.807) is 81.4 Å². The summed E-state index contributed by atoms with van der Waals surface area (Å²) in [6.07, 6.45) is 22.2. The third-order valence-corrected chi connectivity index (χ3v) is 19.0. The van der Waals surface area contributed by atoms with Gasteiger partial charge in [0.15, 0.2) is 57.6 Å². The van der Waals surface area contributed by atoms with E-state index in [9.17, 15) is 67.1 Å². The zero-order valence-corrected chi connectivity index (χ0v) is 76.1. The molecule has 696 valence electrons. The van der Waals surface area contributed by atoms with Gasteiger partial charge >= 0.3 is 71.6 Å². The quantitative estimate of drug-likeness (QED) is 0.0156. The van der Waals surface area contributed by atoms with E-state index in [1.807, 2.05) is 36.4 Å². The molecule has 2 saturated carbocycles. The van der Waals surface area contributed by atoms with Crippen LogP contribution in [0, 0.1) is 0 Å². The Balaban J connectivity index is 0.000000248. The number of esters is 12. The second-order valence-corrected chi connectivity index (χ2v) is 30.1. The van der Waals surface area contributed by atoms with Crippen molar-refractivity contribution in [3.05, 3.63) is 387 Å². The molecule has 2 fully saturated rings. The van der Waals surface area contributed by atoms with Crippen molar-refractivity contribution in [3.63, 3.8) is 0 Å². The van der Waals surface area contributed by atoms with Crippen LogP contribution < -0.4 is 56.8 Å². The molecule has 0 heterocycles. The molecule has 0 radical (unpaired) electrons. The number of ketones is 2. The Morgan fingerprint density at radius 1 is 0.228 bits per heavy atom. The van der Waals surface area contributed by atoms with Crippen LogP contribution in [0.4, 0.5) is 0 Å². The Morgan fingerprint density at radius 3 is 0.728 bits per heavy atom. The number of allylic oxidation sites excluding steroid dienone is 4. The fourth-order valence-electron chi connectivity index (χ4n) is 12.2. The van der Waals surface area contributed by atoms with Gasteiger partial charge in [0.2, 0.25) is 0 Å². The molecule has 26 nitrogen and oxygen atoms in total. The van der Waals surface area contributed by atoms with Gasteiger partial charge in [0.05, 0.1) is 0 Å². The molecule has 8 aromatic carbocycles. The minimum Gasteiger partial charge on any atom is -0.423 e. The lowest BCUT2D eigenvalue weighted by molar-refractivity contribution is -0.132. The third-order valence-electron chi connectivity index (χ3n) is 19.0. The first-order chi connectivity index (χ1) is 64.8. The molecule has 26 heteroatoms. The third kappa shape index (κ3) is 33.2. The molecular formula is C110H100O26. The van der Waals surface area contributed by atoms with Crippen molar-refractivity contribution in [2.75, 3.05) is 0 Å². The Hall–Kier alpha value is -17.4. The maximum Gasteiger partial charge on any atom is 0.338 e. The molecule has 0 atom stereocenters. The first-order valence-corrected chi connectivity index (χ1v) is 42.0. The predicted molar refractivity (Wildman–Crippen MR) is 514 cm³/mol. The Morgan fingerprint density at radius 2 is 0.441 bits per heavy atom. The normalized spacial score (nSPS) is 11.5. The average molecular weight is 1840 g/mol. The van der Waals surface area contributed by atoms with Crippen molar-refractivity contribution in [1.29, 1.82) is 0 Å². The van der Waals surface area contributed by atoms with Crippen LogP contribution in [0.15, 0.2) is 342 Å². The van der Waals surface area contributed by atoms with Gasteiger partial charge in [0.1, 0.15) is 23.0 Å². The minimum absolute atomic E-state index is 0.00763. The second kappa shape index (κ2) is 52.4. The molecule has 0 aliphatic heterocycles. The lowest BCUT2D eigenvalue weighted by Gasteiger charge is -2.21. The standard InChI is InChI=1S/C31H32O6.C28H26O6.C27H24O7.C24H18O7/c1-19(2)29(32)35-25-15-12-23(13-16-25)28(22-10-8-7-9-11-22)24-14-17-26(36-30(33)20(3)4)27(18-24)37-31(34)21(5)6;1-4-25(29)32-22-15-12-20(13-16-22)28(19-10-8-7-9-11-19)21-14-17-23(33-26(30)5-2)24(18-21)34-27(31)6-3;1-16(2)25(29)32-21-11-9-20(10-12-21)22(28)13-7-19-8-14-23(33-26(30)17(3)4)24(15-19)34-27(31)18(5)6;1-4-22(26)29-18-11-9-17(10-12-18)19(25)13-7-16-8-14-20(30-23(27)5-2)21(15-16)31-24(28)6-3/h12-18H,1,3,5,7-11H2,2,4,6H3;4-6,12-18H,1-3,7-11H2;7-15H,1,3,5H2,2,4,6H3;4-15H,1-3H2/b;;2*13-7+. The number of rotatable bonds is 34. The highest BCUT2D eigenvalue weighted by atomic mass is 16.6. The molecule has 10 rings (SSSR count). The molecule has 8 aromatic rings. The lowest BCUT2D eigenvalue weighted by Crippen LogP contribution is -2.13. The van der Waals surface area contributed by atoms with Gasteiger partial charge < -0.3 is 56.8 Å². The summed E-state index contributed by atoms with van der Waals surface area (Å²) in [5.74, 6) is -6.41. The smallest absolute Gasteiger partial charge is 0.338 e. The summed E-state index contributed by atoms with van der Waals surface area (Å²) >= 11 is 0. The van der Waals surface area contributed by atoms with Crippen LogP contribution in [0.5, 0.6) is 69.0 Å². The van der Waals surface area contributed by atoms with Gasteiger partial charge in [0.25, 0.3) is 0 Å². The lowest BCUT2D eigenvalue weighted by atomic mass is 9.85. The van der Waals surface area contributed by atoms with Crippen LogP contribution in [-0.4, -0.2) is 83.2 Å². The van der Waals surface area contributed by atoms with Crippen LogP contribution in [0.2, 0.25) is 0 Å². The largest absolute Gasteiger partial charge is 0.423 e. The van der Waals surface area contributed by atoms with Crippen LogP contribution in [0.25, 0.3) is 23.3 Å². The molecule has 0 saturated heterocycles. The molecule has 0 spiro atoms. The van der Waals surface area contributed by atoms with Crippen LogP contribution in [0.3, 0.4) is 0 Å². The predicted octanol–water partition coefficient (Wildman–Crippen LogP) is 21.5. The molecule has 0 N–H and O–H groups in total. The number of benzene rings is 8. The summed E-state index contributed by atoms with van der Waals surface area (Å²) in [5.41, 5.74) is 11.1. The molecule has 136 heavy (non-hydrogen) atoms. The highest BCUT2D eigenvalue weighted by molar-refractivity contribution is 6.08. The van der Waals surface area contributed by atoms with Gasteiger partial charge in [-0.15, -0.1) is 0 Å². The van der Waals surface area contributed by atoms with Gasteiger partial charge in [-0.25, -0.2) is 57.5 Å². The van der Waals surface area contributed by atoms with E-state index in [0.29, 0.717) is 39.3 Å². The fourth-order valence-corrected chi connectivity index (χ4v) is 12.2. The van der Waals surface area contributed by atoms with E-state index >= 15 is 0 Å². The Bertz CT molecular complexity index is 6230. The highest BCUT2D eigenvalue weighted by Gasteiger charge is 2.25. The molecule has 0 bridgehead atoms. The van der Waals surface area contributed by atoms with Gasteiger partial charge in [-0.2, -0.15) is 0 Å². The van der Waals surface area contributed by atoms with E-state index in [4.69, 9.17) is 56.8 Å². The van der Waals surface area contributed by atoms with Crippen LogP contribution >= 0.6 is 0 Å². The Kier molecular flexibility index (Phi) is 40.7. The topological polar surface area (TPSA) is 350 Å². The summed E-state index contributed by atoms with van der Waals surface area (Å²) < 4.78 is 62.8. The highest BCUT2D eigenvalue weighted by Crippen LogP contribution is 2.43. The SMILES string of the molecule is C=C(C)C(=O)Oc1ccc(C(=C2CCCCC2)c2ccc(OC(=O)C(=C)C)c(OC(=O)C(=C)C)c2)cc1.C=C(C)C(=O)Oc1ccc(C(=O)/C=C/c2ccc(OC(=O)C(=C)C)c(OC(=O)C(=C)C)c2)cc1.C=CC(=O)Oc1ccc(C(=C2CCCCC2)c2ccc(OC(=O)C=C)c(OC(=O)C=C)c2)cc1.C=CC(=O)Oc1ccc(C(=O)/C=C/c2ccc(OC(=O)C=C)c(OC(=O)C=C)c2)cc1. The summed E-state index contributed by atoms with van der Waals surface area (Å²) in [6, 6.07) is 45.6. The van der Waals surface area contributed by atoms with Gasteiger partial charge in [0, 0.05) is 81.0 Å². The summed E-state index contributed by atoms with van der Waals surface area (Å²) in [5, 5.41) is 0. The minimum atomic E-state index is -0.745. The zero-order valence-electron chi connectivity index (χ0n) is 76.1. The monoisotopic (exact) mass is 1840 g/mol. The number of hydrogen-bond acceptors (Lipinski definition) is 26. The molecule has 0 aromatic heterocycles. The summed E-state index contributed by atoms with van der Waals surface area (Å²) in [4.78, 5) is 166. The van der Waals surface area contributed by atoms with Crippen LogP contribution in [-0.2, 0) is 57.5 Å². The number of ether oxygens (including phenoxy) is 12. The summed E-state index contributed by atoms with van der Waals surface area (Å²) in [6.45, 7) is 50.8. The van der Waals surface area contributed by atoms with E-state index in [0.717, 1.165) is 121 Å². The number of carbonyl (C=O) groups is 14. The van der Waals surface area contributed by atoms with E-state index in [2.05, 4.69) is 78.9 Å². The average Bonchev–Trinajstić information content (AvgIpc) is 0.797. The maximum atomic E-state index is 12.5. The van der Waals surface area contributed by atoms with Gasteiger partial charge in [-0.3, -0.25) is 9.59 Å². The molecule has 2 aliphatic carbocycles. The van der Waals surface area contributed by atoms with E-state index < -0.39 is 71.6 Å². The molecule has 0 amide bonds. The van der Waals surface area contributed by atoms with Crippen molar-refractivity contribution in [2.24, 2.45) is 0 Å². The zero-order chi connectivity index (χ0) is 99.8. The van der Waals surface area contributed by atoms with Crippen LogP contribution in [0.1, 0.15) is 160 Å². The molecular weight excluding hydrogens is 1740 g/mol. The number of hydrogen-bond donors (Lipinski definition) is 0. The van der Waals surface area contributed by atoms with E-state index in [1.165, 1.54) is 142 Å². The maximum absolute atomic E-state index is 12.5. The van der Waals surface area contributed by atoms with E-state index in [-0.39, 0.29) is 96.9 Å². The van der Waals surface area contributed by atoms with Gasteiger partial charge in [-0.05, 0) is 271 Å². The van der Waals surface area contributed by atoms with Crippen molar-refractivity contribution in [1.82, 2.24) is 0 Å². The molecule has 0 unspecified atom stereocenters. The van der Waals surface area contributed by atoms with Crippen molar-refractivity contribution in [2.45, 2.75) is 106 Å². The summed E-state index contributed by atoms with van der Waals surface area (Å²) in [7, 11) is 0. The molecule has 2 aliphatic rings. The van der Waals surface area contributed by atoms with Crippen molar-refractivity contribution < 1.29 is 124 Å².